The predicted molar refractivity (Wildman–Crippen MR) is 161 cm³/mol. The van der Waals surface area contributed by atoms with E-state index in [-0.39, 0.29) is 11.9 Å². The van der Waals surface area contributed by atoms with Crippen molar-refractivity contribution in [1.82, 2.24) is 9.88 Å². The van der Waals surface area contributed by atoms with Crippen LogP contribution in [0, 0.1) is 0 Å². The molecule has 0 radical (unpaired) electrons. The summed E-state index contributed by atoms with van der Waals surface area (Å²) in [6.45, 7) is 1.39. The second-order valence-corrected chi connectivity index (χ2v) is 10.5. The molecule has 1 amide bonds. The molecule has 0 fully saturated rings. The highest BCUT2D eigenvalue weighted by molar-refractivity contribution is 7.07. The first-order chi connectivity index (χ1) is 19.2. The van der Waals surface area contributed by atoms with Crippen LogP contribution < -0.4 is 15.9 Å². The Morgan fingerprint density at radius 2 is 1.56 bits per heavy atom. The molecule has 1 unspecified atom stereocenters. The Bertz CT molecular complexity index is 1570. The Hall–Kier alpha value is -4.00. The molecule has 39 heavy (non-hydrogen) atoms. The fourth-order valence-electron chi connectivity index (χ4n) is 4.84. The second-order valence-electron chi connectivity index (χ2n) is 9.64. The van der Waals surface area contributed by atoms with Crippen LogP contribution in [0.5, 0.6) is 0 Å². The van der Waals surface area contributed by atoms with Gasteiger partial charge in [0.25, 0.3) is 5.91 Å². The van der Waals surface area contributed by atoms with Crippen molar-refractivity contribution in [3.8, 4) is 0 Å². The van der Waals surface area contributed by atoms with Gasteiger partial charge in [-0.3, -0.25) is 4.79 Å². The molecule has 1 heterocycles. The third-order valence-corrected chi connectivity index (χ3v) is 7.75. The molecule has 1 atom stereocenters. The molecule has 0 aliphatic rings. The molecule has 0 bridgehead atoms. The molecule has 0 saturated heterocycles. The van der Waals surface area contributed by atoms with Crippen molar-refractivity contribution in [2.45, 2.75) is 38.3 Å². The summed E-state index contributed by atoms with van der Waals surface area (Å²) in [6, 6.07) is 34.7. The van der Waals surface area contributed by atoms with E-state index in [1.807, 2.05) is 66.0 Å². The van der Waals surface area contributed by atoms with Crippen molar-refractivity contribution in [2.24, 2.45) is 10.7 Å². The smallest absolute Gasteiger partial charge is 0.269 e. The van der Waals surface area contributed by atoms with Crippen LogP contribution in [0.25, 0.3) is 10.8 Å². The Balaban J connectivity index is 1.49. The summed E-state index contributed by atoms with van der Waals surface area (Å²) in [5.74, 6) is -0.0887. The lowest BCUT2D eigenvalue weighted by Crippen LogP contribution is -2.33. The minimum atomic E-state index is -0.148. The molecule has 5 nitrogen and oxygen atoms in total. The molecule has 0 saturated carbocycles. The van der Waals surface area contributed by atoms with Gasteiger partial charge in [0.05, 0.1) is 11.7 Å². The monoisotopic (exact) mass is 534 g/mol. The van der Waals surface area contributed by atoms with Crippen molar-refractivity contribution in [1.29, 1.82) is 0 Å². The Kier molecular flexibility index (Phi) is 8.99. The lowest BCUT2D eigenvalue weighted by molar-refractivity contribution is 0.0926. The Morgan fingerprint density at radius 1 is 0.846 bits per heavy atom. The summed E-state index contributed by atoms with van der Waals surface area (Å²) in [5, 5.41) is 7.52. The summed E-state index contributed by atoms with van der Waals surface area (Å²) in [5.41, 5.74) is 9.55. The normalized spacial score (nSPS) is 12.5. The van der Waals surface area contributed by atoms with Crippen molar-refractivity contribution in [3.63, 3.8) is 0 Å². The van der Waals surface area contributed by atoms with Crippen LogP contribution in [-0.2, 0) is 13.0 Å². The van der Waals surface area contributed by atoms with Gasteiger partial charge in [-0.1, -0.05) is 103 Å². The number of hydrogen-bond acceptors (Lipinski definition) is 4. The highest BCUT2D eigenvalue weighted by atomic mass is 32.1. The minimum Gasteiger partial charge on any atom is -0.344 e. The van der Waals surface area contributed by atoms with Gasteiger partial charge in [-0.05, 0) is 48.4 Å². The number of carbonyl (C=O) groups is 1. The van der Waals surface area contributed by atoms with Gasteiger partial charge >= 0.3 is 0 Å². The maximum atomic E-state index is 13.8. The van der Waals surface area contributed by atoms with Gasteiger partial charge in [0, 0.05) is 17.3 Å². The van der Waals surface area contributed by atoms with Crippen LogP contribution >= 0.6 is 11.3 Å². The molecule has 0 spiro atoms. The highest BCUT2D eigenvalue weighted by Crippen LogP contribution is 2.25. The first-order valence-electron chi connectivity index (χ1n) is 13.5. The van der Waals surface area contributed by atoms with E-state index in [1.54, 1.807) is 0 Å². The zero-order chi connectivity index (χ0) is 26.9. The van der Waals surface area contributed by atoms with Gasteiger partial charge < -0.3 is 15.6 Å². The summed E-state index contributed by atoms with van der Waals surface area (Å²) in [4.78, 5) is 19.7. The average Bonchev–Trinajstić information content (AvgIpc) is 3.38. The van der Waals surface area contributed by atoms with Crippen molar-refractivity contribution < 1.29 is 4.79 Å². The van der Waals surface area contributed by atoms with E-state index in [4.69, 9.17) is 10.7 Å². The van der Waals surface area contributed by atoms with Gasteiger partial charge in [-0.25, -0.2) is 4.99 Å². The van der Waals surface area contributed by atoms with E-state index in [2.05, 4.69) is 52.3 Å². The Labute approximate surface area is 233 Å². The Morgan fingerprint density at radius 3 is 2.36 bits per heavy atom. The number of benzene rings is 4. The van der Waals surface area contributed by atoms with Crippen LogP contribution in [0.3, 0.4) is 0 Å². The lowest BCUT2D eigenvalue weighted by atomic mass is 9.98. The quantitative estimate of drug-likeness (QED) is 0.183. The molecule has 5 aromatic rings. The van der Waals surface area contributed by atoms with Gasteiger partial charge in [-0.2, -0.15) is 0 Å². The van der Waals surface area contributed by atoms with Gasteiger partial charge in [0.2, 0.25) is 0 Å². The number of carbonyl (C=O) groups excluding carboxylic acids is 1. The number of nitrogens with zero attached hydrogens (tertiary/aromatic N) is 2. The van der Waals surface area contributed by atoms with Crippen LogP contribution in [0.2, 0.25) is 0 Å². The zero-order valence-electron chi connectivity index (χ0n) is 22.0. The number of nitrogens with one attached hydrogen (secondary N) is 1. The molecule has 1 aromatic heterocycles. The number of amides is 1. The minimum absolute atomic E-state index is 0.0887. The van der Waals surface area contributed by atoms with Crippen molar-refractivity contribution in [3.05, 3.63) is 130 Å². The predicted octanol–water partition coefficient (Wildman–Crippen LogP) is 6.78. The van der Waals surface area contributed by atoms with Crippen molar-refractivity contribution in [2.75, 3.05) is 6.54 Å². The van der Waals surface area contributed by atoms with E-state index in [0.717, 1.165) is 46.1 Å². The molecular formula is C33H34N4OS. The topological polar surface area (TPSA) is 72.4 Å². The largest absolute Gasteiger partial charge is 0.344 e. The van der Waals surface area contributed by atoms with Gasteiger partial charge in [0.15, 0.2) is 4.80 Å². The number of fused-ring (bicyclic) bond motifs is 1. The van der Waals surface area contributed by atoms with Gasteiger partial charge in [0.1, 0.15) is 5.69 Å². The maximum Gasteiger partial charge on any atom is 0.269 e. The SMILES string of the molecule is NCCCCCn1c(C(=O)NC(Cc2ccccc2)c2ccccc2)csc1=Nc1cccc2ccccc12. The number of hydrogen-bond donors (Lipinski definition) is 2. The fraction of sp³-hybridized carbons (Fsp3) is 0.212. The highest BCUT2D eigenvalue weighted by Gasteiger charge is 2.20. The van der Waals surface area contributed by atoms with Crippen LogP contribution in [0.4, 0.5) is 5.69 Å². The summed E-state index contributed by atoms with van der Waals surface area (Å²) in [6.07, 6.45) is 3.62. The molecule has 6 heteroatoms. The van der Waals surface area contributed by atoms with E-state index in [1.165, 1.54) is 16.9 Å². The number of thiazole rings is 1. The maximum absolute atomic E-state index is 13.8. The summed E-state index contributed by atoms with van der Waals surface area (Å²) in [7, 11) is 0. The van der Waals surface area contributed by atoms with Crippen molar-refractivity contribution >= 4 is 33.7 Å². The number of rotatable bonds is 11. The molecule has 198 valence electrons. The average molecular weight is 535 g/mol. The molecular weight excluding hydrogens is 500 g/mol. The van der Waals surface area contributed by atoms with Crippen LogP contribution in [0.1, 0.15) is 46.9 Å². The number of aromatic nitrogens is 1. The third kappa shape index (κ3) is 6.72. The zero-order valence-corrected chi connectivity index (χ0v) is 22.8. The third-order valence-electron chi connectivity index (χ3n) is 6.89. The summed E-state index contributed by atoms with van der Waals surface area (Å²) >= 11 is 1.51. The van der Waals surface area contributed by atoms with Crippen LogP contribution in [-0.4, -0.2) is 17.0 Å². The van der Waals surface area contributed by atoms with E-state index in [9.17, 15) is 4.79 Å². The van der Waals surface area contributed by atoms with E-state index < -0.39 is 0 Å². The molecule has 3 N–H and O–H groups in total. The first kappa shape index (κ1) is 26.6. The first-order valence-corrected chi connectivity index (χ1v) is 14.4. The molecule has 5 rings (SSSR count). The van der Waals surface area contributed by atoms with E-state index in [0.29, 0.717) is 25.2 Å². The standard InChI is InChI=1S/C33H34N4OS/c34-21-10-3-11-22-37-31(24-39-33(37)36-29-20-12-18-26-15-8-9-19-28(26)29)32(38)35-30(27-16-6-2-7-17-27)23-25-13-4-1-5-14-25/h1-2,4-9,12-20,24,30H,3,10-11,21-23,34H2,(H,35,38). The van der Waals surface area contributed by atoms with Gasteiger partial charge in [-0.15, -0.1) is 11.3 Å². The molecule has 4 aromatic carbocycles. The van der Waals surface area contributed by atoms with Crippen LogP contribution in [0.15, 0.2) is 114 Å². The lowest BCUT2D eigenvalue weighted by Gasteiger charge is -2.20. The second kappa shape index (κ2) is 13.2. The van der Waals surface area contributed by atoms with E-state index >= 15 is 0 Å². The number of nitrogens with two attached hydrogens (primary N) is 1. The number of unbranched alkanes of at least 4 members (excludes halogenated alkanes) is 2. The molecule has 0 aliphatic carbocycles. The fourth-order valence-corrected chi connectivity index (χ4v) is 5.76. The molecule has 0 aliphatic heterocycles. The summed E-state index contributed by atoms with van der Waals surface area (Å²) < 4.78 is 2.07.